The largest absolute Gasteiger partial charge is 0.461 e. The number of aromatic nitrogens is 1. The quantitative estimate of drug-likeness (QED) is 0.376. The van der Waals surface area contributed by atoms with Crippen LogP contribution in [0.5, 0.6) is 0 Å². The number of esters is 1. The highest BCUT2D eigenvalue weighted by atomic mass is 32.2. The Labute approximate surface area is 177 Å². The van der Waals surface area contributed by atoms with Crippen molar-refractivity contribution in [3.05, 3.63) is 65.9 Å². The molecule has 0 N–H and O–H groups in total. The van der Waals surface area contributed by atoms with E-state index in [1.54, 1.807) is 18.5 Å². The number of nitrogens with zero attached hydrogens (tertiary/aromatic N) is 2. The number of rotatable bonds is 5. The topological polar surface area (TPSA) is 55.0 Å². The second-order valence-electron chi connectivity index (χ2n) is 5.94. The highest BCUT2D eigenvalue weighted by Gasteiger charge is 2.27. The Bertz CT molecular complexity index is 1000. The number of hydrogen-bond acceptors (Lipinski definition) is 4. The third kappa shape index (κ3) is 4.55. The second kappa shape index (κ2) is 10.5. The summed E-state index contributed by atoms with van der Waals surface area (Å²) in [5.74, 6) is -0.418. The summed E-state index contributed by atoms with van der Waals surface area (Å²) < 4.78 is 6.99. The van der Waals surface area contributed by atoms with Crippen LogP contribution in [-0.4, -0.2) is 23.4 Å². The molecule has 0 radical (unpaired) electrons. The van der Waals surface area contributed by atoms with Crippen molar-refractivity contribution < 1.29 is 9.53 Å². The molecular formula is C24H26N2O2S. The molecule has 5 heteroatoms. The molecule has 0 fully saturated rings. The van der Waals surface area contributed by atoms with Crippen molar-refractivity contribution >= 4 is 17.7 Å². The predicted molar refractivity (Wildman–Crippen MR) is 120 cm³/mol. The van der Waals surface area contributed by atoms with Gasteiger partial charge in [-0.1, -0.05) is 68.4 Å². The number of nitriles is 1. The van der Waals surface area contributed by atoms with Crippen LogP contribution in [-0.2, 0) is 11.8 Å². The average Bonchev–Trinajstić information content (AvgIpc) is 3.07. The standard InChI is InChI=1S/C22H20N2O2S.C2H6/c1-4-26-22(25)20-19(18(14-23)21(27-3)24(20)2)17-12-10-16(11-13-17)15-8-6-5-7-9-15;1-2/h5-13H,4H2,1-3H3;1-2H3. The Kier molecular flexibility index (Phi) is 8.11. The van der Waals surface area contributed by atoms with Crippen LogP contribution < -0.4 is 0 Å². The van der Waals surface area contributed by atoms with Crippen LogP contribution in [0.3, 0.4) is 0 Å². The Balaban J connectivity index is 0.00000145. The van der Waals surface area contributed by atoms with Gasteiger partial charge in [0.05, 0.1) is 17.2 Å². The predicted octanol–water partition coefficient (Wildman–Crippen LogP) is 6.16. The molecule has 0 unspecified atom stereocenters. The lowest BCUT2D eigenvalue weighted by molar-refractivity contribution is 0.0515. The van der Waals surface area contributed by atoms with Gasteiger partial charge in [-0.2, -0.15) is 5.26 Å². The Morgan fingerprint density at radius 2 is 1.59 bits per heavy atom. The molecule has 0 amide bonds. The summed E-state index contributed by atoms with van der Waals surface area (Å²) in [6.07, 6.45) is 1.90. The summed E-state index contributed by atoms with van der Waals surface area (Å²) >= 11 is 1.44. The van der Waals surface area contributed by atoms with Crippen molar-refractivity contribution in [2.75, 3.05) is 12.9 Å². The lowest BCUT2D eigenvalue weighted by Gasteiger charge is -2.09. The minimum Gasteiger partial charge on any atom is -0.461 e. The third-order valence-electron chi connectivity index (χ3n) is 4.40. The van der Waals surface area contributed by atoms with Crippen molar-refractivity contribution in [2.24, 2.45) is 7.05 Å². The Hall–Kier alpha value is -2.97. The fraction of sp³-hybridized carbons (Fsp3) is 0.250. The van der Waals surface area contributed by atoms with Crippen LogP contribution in [0.15, 0.2) is 59.6 Å². The molecule has 1 aromatic heterocycles. The van der Waals surface area contributed by atoms with E-state index in [2.05, 4.69) is 6.07 Å². The van der Waals surface area contributed by atoms with E-state index in [-0.39, 0.29) is 6.61 Å². The van der Waals surface area contributed by atoms with E-state index in [0.29, 0.717) is 16.8 Å². The highest BCUT2D eigenvalue weighted by molar-refractivity contribution is 7.98. The van der Waals surface area contributed by atoms with Crippen molar-refractivity contribution in [1.82, 2.24) is 4.57 Å². The minimum atomic E-state index is -0.418. The first-order valence-electron chi connectivity index (χ1n) is 9.62. The van der Waals surface area contributed by atoms with Crippen molar-refractivity contribution in [1.29, 1.82) is 5.26 Å². The highest BCUT2D eigenvalue weighted by Crippen LogP contribution is 2.37. The molecule has 0 bridgehead atoms. The number of thioether (sulfide) groups is 1. The maximum Gasteiger partial charge on any atom is 0.355 e. The molecular weight excluding hydrogens is 380 g/mol. The number of benzene rings is 2. The number of carbonyl (C=O) groups is 1. The molecule has 0 atom stereocenters. The molecule has 0 saturated heterocycles. The van der Waals surface area contributed by atoms with Gasteiger partial charge in [-0.05, 0) is 29.9 Å². The Morgan fingerprint density at radius 3 is 2.10 bits per heavy atom. The van der Waals surface area contributed by atoms with E-state index in [9.17, 15) is 10.1 Å². The summed E-state index contributed by atoms with van der Waals surface area (Å²) in [5, 5.41) is 10.5. The van der Waals surface area contributed by atoms with Gasteiger partial charge in [0, 0.05) is 12.6 Å². The summed E-state index contributed by atoms with van der Waals surface area (Å²) in [7, 11) is 1.79. The number of ether oxygens (including phenoxy) is 1. The number of carbonyl (C=O) groups excluding carboxylic acids is 1. The van der Waals surface area contributed by atoms with E-state index < -0.39 is 5.97 Å². The minimum absolute atomic E-state index is 0.285. The lowest BCUT2D eigenvalue weighted by Crippen LogP contribution is -2.11. The summed E-state index contributed by atoms with van der Waals surface area (Å²) in [4.78, 5) is 12.6. The maximum atomic E-state index is 12.6. The molecule has 0 spiro atoms. The second-order valence-corrected chi connectivity index (χ2v) is 6.74. The van der Waals surface area contributed by atoms with E-state index in [0.717, 1.165) is 21.7 Å². The van der Waals surface area contributed by atoms with Gasteiger partial charge < -0.3 is 9.30 Å². The molecule has 4 nitrogen and oxygen atoms in total. The van der Waals surface area contributed by atoms with E-state index in [1.165, 1.54) is 11.8 Å². The fourth-order valence-corrected chi connectivity index (χ4v) is 3.90. The molecule has 1 heterocycles. The normalized spacial score (nSPS) is 9.93. The van der Waals surface area contributed by atoms with Gasteiger partial charge in [-0.15, -0.1) is 11.8 Å². The zero-order chi connectivity index (χ0) is 21.4. The van der Waals surface area contributed by atoms with Gasteiger partial charge >= 0.3 is 5.97 Å². The van der Waals surface area contributed by atoms with Gasteiger partial charge in [0.25, 0.3) is 0 Å². The maximum absolute atomic E-state index is 12.6. The SMILES string of the molecule is CC.CCOC(=O)c1c(-c2ccc(-c3ccccc3)cc2)c(C#N)c(SC)n1C. The molecule has 2 aromatic carbocycles. The summed E-state index contributed by atoms with van der Waals surface area (Å²) in [5.41, 5.74) is 4.56. The summed E-state index contributed by atoms with van der Waals surface area (Å²) in [6, 6.07) is 20.3. The van der Waals surface area contributed by atoms with Crippen LogP contribution in [0.25, 0.3) is 22.3 Å². The first kappa shape index (κ1) is 22.3. The first-order chi connectivity index (χ1) is 14.1. The molecule has 0 aliphatic rings. The van der Waals surface area contributed by atoms with Crippen LogP contribution in [0, 0.1) is 11.3 Å². The van der Waals surface area contributed by atoms with Gasteiger partial charge in [0.15, 0.2) is 0 Å². The van der Waals surface area contributed by atoms with Gasteiger partial charge in [0.1, 0.15) is 11.8 Å². The van der Waals surface area contributed by atoms with E-state index in [1.807, 2.05) is 74.7 Å². The average molecular weight is 407 g/mol. The summed E-state index contributed by atoms with van der Waals surface area (Å²) in [6.45, 7) is 6.06. The zero-order valence-electron chi connectivity index (χ0n) is 17.5. The molecule has 29 heavy (non-hydrogen) atoms. The molecule has 150 valence electrons. The fourth-order valence-electron chi connectivity index (χ4n) is 3.18. The van der Waals surface area contributed by atoms with Crippen LogP contribution in [0.4, 0.5) is 0 Å². The number of hydrogen-bond donors (Lipinski definition) is 0. The third-order valence-corrected chi connectivity index (χ3v) is 5.26. The van der Waals surface area contributed by atoms with Gasteiger partial charge in [-0.3, -0.25) is 0 Å². The van der Waals surface area contributed by atoms with E-state index >= 15 is 0 Å². The van der Waals surface area contributed by atoms with Gasteiger partial charge in [-0.25, -0.2) is 4.79 Å². The van der Waals surface area contributed by atoms with Crippen LogP contribution in [0.2, 0.25) is 0 Å². The molecule has 3 rings (SSSR count). The van der Waals surface area contributed by atoms with Crippen molar-refractivity contribution in [3.8, 4) is 28.3 Å². The molecule has 0 aliphatic heterocycles. The Morgan fingerprint density at radius 1 is 1.03 bits per heavy atom. The smallest absolute Gasteiger partial charge is 0.355 e. The van der Waals surface area contributed by atoms with Crippen molar-refractivity contribution in [2.45, 2.75) is 25.8 Å². The van der Waals surface area contributed by atoms with Gasteiger partial charge in [0.2, 0.25) is 0 Å². The molecule has 3 aromatic rings. The zero-order valence-corrected chi connectivity index (χ0v) is 18.3. The van der Waals surface area contributed by atoms with Crippen molar-refractivity contribution in [3.63, 3.8) is 0 Å². The van der Waals surface area contributed by atoms with E-state index in [4.69, 9.17) is 4.74 Å². The van der Waals surface area contributed by atoms with Crippen LogP contribution in [0.1, 0.15) is 36.8 Å². The monoisotopic (exact) mass is 406 g/mol. The molecule has 0 saturated carbocycles. The lowest BCUT2D eigenvalue weighted by atomic mass is 9.98. The molecule has 0 aliphatic carbocycles. The van der Waals surface area contributed by atoms with Crippen LogP contribution >= 0.6 is 11.8 Å². The first-order valence-corrected chi connectivity index (χ1v) is 10.8.